The van der Waals surface area contributed by atoms with Crippen molar-refractivity contribution in [3.05, 3.63) is 22.3 Å². The molecular formula is C9H11FN6O5. The van der Waals surface area contributed by atoms with E-state index in [1.165, 1.54) is 0 Å². The molecule has 0 spiro atoms. The lowest BCUT2D eigenvalue weighted by molar-refractivity contribution is -0.126. The zero-order valence-corrected chi connectivity index (χ0v) is 10.7. The third-order valence-corrected chi connectivity index (χ3v) is 2.97. The molecule has 0 bridgehead atoms. The van der Waals surface area contributed by atoms with Gasteiger partial charge in [-0.25, -0.2) is 13.9 Å². The van der Waals surface area contributed by atoms with Crippen molar-refractivity contribution in [2.45, 2.75) is 24.2 Å². The lowest BCUT2D eigenvalue weighted by Gasteiger charge is -2.23. The van der Waals surface area contributed by atoms with Gasteiger partial charge in [0.25, 0.3) is 0 Å². The fourth-order valence-corrected chi connectivity index (χ4v) is 1.87. The van der Waals surface area contributed by atoms with E-state index in [0.29, 0.717) is 0 Å². The third kappa shape index (κ3) is 2.40. The SMILES string of the molecule is COC(=O)c1cn([C@@H]2OC(CO)(N=[N+]=[N-])[C@@H](O)[C@@H]2F)nn1. The van der Waals surface area contributed by atoms with E-state index in [1.54, 1.807) is 0 Å². The van der Waals surface area contributed by atoms with Gasteiger partial charge in [0.1, 0.15) is 6.10 Å². The number of azide groups is 1. The molecule has 1 aliphatic rings. The predicted molar refractivity (Wildman–Crippen MR) is 61.3 cm³/mol. The number of rotatable bonds is 4. The van der Waals surface area contributed by atoms with Gasteiger partial charge in [-0.1, -0.05) is 10.3 Å². The number of carbonyl (C=O) groups excluding carboxylic acids is 1. The van der Waals surface area contributed by atoms with Gasteiger partial charge in [0, 0.05) is 4.91 Å². The first-order valence-corrected chi connectivity index (χ1v) is 5.66. The van der Waals surface area contributed by atoms with Crippen LogP contribution in [0.25, 0.3) is 10.4 Å². The van der Waals surface area contributed by atoms with E-state index in [4.69, 9.17) is 10.3 Å². The molecule has 11 nitrogen and oxygen atoms in total. The summed E-state index contributed by atoms with van der Waals surface area (Å²) in [5.74, 6) is -0.793. The van der Waals surface area contributed by atoms with Crippen LogP contribution in [0.5, 0.6) is 0 Å². The van der Waals surface area contributed by atoms with Gasteiger partial charge < -0.3 is 19.7 Å². The van der Waals surface area contributed by atoms with Gasteiger partial charge >= 0.3 is 5.97 Å². The predicted octanol–water partition coefficient (Wildman–Crippen LogP) is -0.709. The van der Waals surface area contributed by atoms with Gasteiger partial charge in [0.15, 0.2) is 18.1 Å². The average molecular weight is 302 g/mol. The molecule has 114 valence electrons. The van der Waals surface area contributed by atoms with E-state index in [-0.39, 0.29) is 5.69 Å². The molecule has 21 heavy (non-hydrogen) atoms. The number of hydrogen-bond acceptors (Lipinski definition) is 8. The number of esters is 1. The minimum absolute atomic E-state index is 0.201. The highest BCUT2D eigenvalue weighted by Crippen LogP contribution is 2.39. The highest BCUT2D eigenvalue weighted by atomic mass is 19.1. The van der Waals surface area contributed by atoms with Crippen LogP contribution in [0.2, 0.25) is 0 Å². The smallest absolute Gasteiger partial charge is 0.360 e. The first-order valence-electron chi connectivity index (χ1n) is 5.66. The second-order valence-electron chi connectivity index (χ2n) is 4.17. The van der Waals surface area contributed by atoms with Crippen molar-refractivity contribution in [1.29, 1.82) is 0 Å². The van der Waals surface area contributed by atoms with Gasteiger partial charge in [0.05, 0.1) is 19.9 Å². The van der Waals surface area contributed by atoms with Crippen LogP contribution in [-0.2, 0) is 9.47 Å². The maximum absolute atomic E-state index is 14.1. The molecular weight excluding hydrogens is 291 g/mol. The molecule has 12 heteroatoms. The monoisotopic (exact) mass is 302 g/mol. The number of methoxy groups -OCH3 is 1. The Bertz CT molecular complexity index is 589. The topological polar surface area (TPSA) is 155 Å². The van der Waals surface area contributed by atoms with Crippen molar-refractivity contribution in [2.24, 2.45) is 5.11 Å². The molecule has 2 heterocycles. The Balaban J connectivity index is 2.31. The fraction of sp³-hybridized carbons (Fsp3) is 0.667. The standard InChI is InChI=1S/C9H11FN6O5/c1-20-8(19)4-2-16(15-12-4)7-5(10)6(18)9(3-17,21-7)13-14-11/h2,5-7,17-18H,3H2,1H3/t5-,6-,7+,9?/m0/s1. The number of halogens is 1. The molecule has 1 saturated heterocycles. The summed E-state index contributed by atoms with van der Waals surface area (Å²) < 4.78 is 24.4. The van der Waals surface area contributed by atoms with Crippen molar-refractivity contribution >= 4 is 5.97 Å². The Kier molecular flexibility index (Phi) is 4.04. The lowest BCUT2D eigenvalue weighted by atomic mass is 10.1. The van der Waals surface area contributed by atoms with E-state index < -0.39 is 36.8 Å². The van der Waals surface area contributed by atoms with Crippen molar-refractivity contribution in [2.75, 3.05) is 13.7 Å². The average Bonchev–Trinajstić information content (AvgIpc) is 3.06. The summed E-state index contributed by atoms with van der Waals surface area (Å²) in [5.41, 5.74) is 6.06. The summed E-state index contributed by atoms with van der Waals surface area (Å²) in [7, 11) is 1.13. The number of aromatic nitrogens is 3. The normalized spacial score (nSPS) is 31.7. The molecule has 0 amide bonds. The Morgan fingerprint density at radius 1 is 1.81 bits per heavy atom. The van der Waals surface area contributed by atoms with Crippen molar-refractivity contribution < 1.29 is 28.9 Å². The third-order valence-electron chi connectivity index (χ3n) is 2.97. The van der Waals surface area contributed by atoms with Crippen molar-refractivity contribution in [3.8, 4) is 0 Å². The number of aliphatic hydroxyl groups excluding tert-OH is 2. The molecule has 1 aromatic heterocycles. The maximum Gasteiger partial charge on any atom is 0.360 e. The van der Waals surface area contributed by atoms with Crippen LogP contribution in [0.3, 0.4) is 0 Å². The van der Waals surface area contributed by atoms with Crippen molar-refractivity contribution in [3.63, 3.8) is 0 Å². The highest BCUT2D eigenvalue weighted by Gasteiger charge is 2.56. The van der Waals surface area contributed by atoms with Gasteiger partial charge in [-0.3, -0.25) is 0 Å². The quantitative estimate of drug-likeness (QED) is 0.322. The van der Waals surface area contributed by atoms with Crippen LogP contribution >= 0.6 is 0 Å². The Labute approximate surface area is 116 Å². The number of alkyl halides is 1. The Hall–Kier alpha value is -2.27. The van der Waals surface area contributed by atoms with E-state index in [2.05, 4.69) is 25.1 Å². The molecule has 1 unspecified atom stereocenters. The molecule has 0 saturated carbocycles. The summed E-state index contributed by atoms with van der Waals surface area (Å²) in [6.45, 7) is -0.937. The minimum atomic E-state index is -2.17. The molecule has 2 rings (SSSR count). The summed E-state index contributed by atoms with van der Waals surface area (Å²) in [6, 6.07) is 0. The van der Waals surface area contributed by atoms with Crippen LogP contribution < -0.4 is 0 Å². The maximum atomic E-state index is 14.1. The van der Waals surface area contributed by atoms with E-state index in [0.717, 1.165) is 18.0 Å². The second kappa shape index (κ2) is 5.61. The minimum Gasteiger partial charge on any atom is -0.464 e. The van der Waals surface area contributed by atoms with Gasteiger partial charge in [0.2, 0.25) is 5.72 Å². The molecule has 0 aromatic carbocycles. The number of aliphatic hydroxyl groups is 2. The van der Waals surface area contributed by atoms with E-state index in [1.807, 2.05) is 0 Å². The van der Waals surface area contributed by atoms with Crippen LogP contribution in [0, 0.1) is 0 Å². The summed E-state index contributed by atoms with van der Waals surface area (Å²) in [5, 5.41) is 29.0. The molecule has 1 aromatic rings. The lowest BCUT2D eigenvalue weighted by Crippen LogP contribution is -2.43. The molecule has 4 atom stereocenters. The van der Waals surface area contributed by atoms with E-state index in [9.17, 15) is 19.4 Å². The number of ether oxygens (including phenoxy) is 2. The highest BCUT2D eigenvalue weighted by molar-refractivity contribution is 5.86. The van der Waals surface area contributed by atoms with Crippen LogP contribution in [0.4, 0.5) is 4.39 Å². The van der Waals surface area contributed by atoms with Crippen LogP contribution in [0.15, 0.2) is 11.3 Å². The molecule has 2 N–H and O–H groups in total. The van der Waals surface area contributed by atoms with Gasteiger partial charge in [-0.05, 0) is 5.53 Å². The molecule has 1 aliphatic heterocycles. The van der Waals surface area contributed by atoms with E-state index >= 15 is 0 Å². The van der Waals surface area contributed by atoms with Crippen LogP contribution in [-0.4, -0.2) is 62.9 Å². The number of hydrogen-bond donors (Lipinski definition) is 2. The Morgan fingerprint density at radius 2 is 2.52 bits per heavy atom. The summed E-state index contributed by atoms with van der Waals surface area (Å²) in [6.07, 6.45) is -4.45. The van der Waals surface area contributed by atoms with Gasteiger partial charge in [-0.15, -0.1) is 5.10 Å². The summed E-state index contributed by atoms with van der Waals surface area (Å²) >= 11 is 0. The van der Waals surface area contributed by atoms with Crippen molar-refractivity contribution in [1.82, 2.24) is 15.0 Å². The number of nitrogens with zero attached hydrogens (tertiary/aromatic N) is 6. The zero-order valence-electron chi connectivity index (χ0n) is 10.7. The Morgan fingerprint density at radius 3 is 3.10 bits per heavy atom. The zero-order chi connectivity index (χ0) is 15.6. The molecule has 0 radical (unpaired) electrons. The number of carbonyl (C=O) groups is 1. The largest absolute Gasteiger partial charge is 0.464 e. The van der Waals surface area contributed by atoms with Gasteiger partial charge in [-0.2, -0.15) is 0 Å². The first-order chi connectivity index (χ1) is 9.99. The van der Waals surface area contributed by atoms with Crippen LogP contribution in [0.1, 0.15) is 16.7 Å². The second-order valence-corrected chi connectivity index (χ2v) is 4.17. The summed E-state index contributed by atoms with van der Waals surface area (Å²) in [4.78, 5) is 13.7. The molecule has 1 fully saturated rings. The first kappa shape index (κ1) is 15.1. The fourth-order valence-electron chi connectivity index (χ4n) is 1.87. The molecule has 0 aliphatic carbocycles.